The maximum atomic E-state index is 12.4. The highest BCUT2D eigenvalue weighted by Crippen LogP contribution is 2.17. The Kier molecular flexibility index (Phi) is 5.31. The number of benzene rings is 2. The van der Waals surface area contributed by atoms with E-state index in [1.165, 1.54) is 5.56 Å². The molecule has 0 spiro atoms. The zero-order valence-electron chi connectivity index (χ0n) is 14.8. The number of anilines is 1. The van der Waals surface area contributed by atoms with Crippen LogP contribution in [0.15, 0.2) is 47.6 Å². The molecule has 2 aromatic rings. The zero-order chi connectivity index (χ0) is 18.5. The van der Waals surface area contributed by atoms with Crippen molar-refractivity contribution in [2.75, 3.05) is 11.9 Å². The van der Waals surface area contributed by atoms with Crippen LogP contribution in [0, 0.1) is 6.92 Å². The molecular weight excluding hydrogens is 330 g/mol. The average Bonchev–Trinajstić information content (AvgIpc) is 2.65. The monoisotopic (exact) mass is 351 g/mol. The Balaban J connectivity index is 1.66. The molecule has 0 fully saturated rings. The minimum absolute atomic E-state index is 0.0487. The molecule has 1 heterocycles. The lowest BCUT2D eigenvalue weighted by atomic mass is 9.97. The summed E-state index contributed by atoms with van der Waals surface area (Å²) >= 11 is 0. The van der Waals surface area contributed by atoms with Gasteiger partial charge < -0.3 is 10.1 Å². The lowest BCUT2D eigenvalue weighted by Gasteiger charge is -2.14. The number of hydrogen-bond acceptors (Lipinski definition) is 4. The minimum atomic E-state index is -0.555. The standard InChI is InChI=1S/C20H21N3O3/c1-3-14-6-4-5-13(2)17(14)11-19(24)21-16-9-7-15(8-10-16)18-12-26-20(25)23-22-18/h4-10H,3,11-12H2,1-2H3,(H,21,24)(H,23,25). The number of amides is 2. The molecule has 6 heteroatoms. The second kappa shape index (κ2) is 7.82. The lowest BCUT2D eigenvalue weighted by molar-refractivity contribution is -0.115. The predicted octanol–water partition coefficient (Wildman–Crippen LogP) is 3.18. The first kappa shape index (κ1) is 17.7. The smallest absolute Gasteiger partial charge is 0.428 e. The Labute approximate surface area is 152 Å². The van der Waals surface area contributed by atoms with Crippen molar-refractivity contribution < 1.29 is 14.3 Å². The number of nitrogens with one attached hydrogen (secondary N) is 2. The first-order valence-corrected chi connectivity index (χ1v) is 8.53. The molecule has 0 unspecified atom stereocenters. The molecule has 0 atom stereocenters. The molecule has 26 heavy (non-hydrogen) atoms. The SMILES string of the molecule is CCc1cccc(C)c1CC(=O)Nc1ccc(C2=NNC(=O)OC2)cc1. The number of carbonyl (C=O) groups is 2. The molecule has 0 aromatic heterocycles. The van der Waals surface area contributed by atoms with Gasteiger partial charge in [0, 0.05) is 11.3 Å². The predicted molar refractivity (Wildman–Crippen MR) is 100 cm³/mol. The lowest BCUT2D eigenvalue weighted by Crippen LogP contribution is -2.30. The number of aryl methyl sites for hydroxylation is 2. The number of ether oxygens (including phenoxy) is 1. The summed E-state index contributed by atoms with van der Waals surface area (Å²) in [4.78, 5) is 23.4. The summed E-state index contributed by atoms with van der Waals surface area (Å²) in [7, 11) is 0. The molecule has 2 amide bonds. The van der Waals surface area contributed by atoms with Crippen molar-refractivity contribution in [1.82, 2.24) is 5.43 Å². The van der Waals surface area contributed by atoms with Gasteiger partial charge in [-0.3, -0.25) is 4.79 Å². The number of hydrogen-bond donors (Lipinski definition) is 2. The van der Waals surface area contributed by atoms with E-state index < -0.39 is 6.09 Å². The van der Waals surface area contributed by atoms with Crippen LogP contribution >= 0.6 is 0 Å². The van der Waals surface area contributed by atoms with Crippen molar-refractivity contribution in [1.29, 1.82) is 0 Å². The second-order valence-corrected chi connectivity index (χ2v) is 6.11. The van der Waals surface area contributed by atoms with Crippen LogP contribution in [-0.2, 0) is 22.4 Å². The van der Waals surface area contributed by atoms with Crippen LogP contribution in [0.25, 0.3) is 0 Å². The fraction of sp³-hybridized carbons (Fsp3) is 0.250. The van der Waals surface area contributed by atoms with Crippen LogP contribution in [0.4, 0.5) is 10.5 Å². The van der Waals surface area contributed by atoms with Crippen LogP contribution in [0.3, 0.4) is 0 Å². The highest BCUT2D eigenvalue weighted by molar-refractivity contribution is 6.04. The molecule has 0 saturated carbocycles. The van der Waals surface area contributed by atoms with Gasteiger partial charge in [-0.2, -0.15) is 5.10 Å². The number of nitrogens with zero attached hydrogens (tertiary/aromatic N) is 1. The van der Waals surface area contributed by atoms with Crippen LogP contribution in [0.5, 0.6) is 0 Å². The van der Waals surface area contributed by atoms with Crippen molar-refractivity contribution in [2.24, 2.45) is 5.10 Å². The third-order valence-corrected chi connectivity index (χ3v) is 4.35. The van der Waals surface area contributed by atoms with Crippen LogP contribution < -0.4 is 10.7 Å². The number of hydrazone groups is 1. The van der Waals surface area contributed by atoms with E-state index in [-0.39, 0.29) is 12.5 Å². The summed E-state index contributed by atoms with van der Waals surface area (Å²) in [6.45, 7) is 4.25. The van der Waals surface area contributed by atoms with Crippen molar-refractivity contribution in [3.05, 3.63) is 64.7 Å². The number of cyclic esters (lactones) is 1. The van der Waals surface area contributed by atoms with Gasteiger partial charge in [-0.15, -0.1) is 0 Å². The Morgan fingerprint density at radius 1 is 1.23 bits per heavy atom. The molecule has 3 rings (SSSR count). The molecule has 0 saturated heterocycles. The van der Waals surface area contributed by atoms with Crippen LogP contribution in [0.1, 0.15) is 29.2 Å². The normalized spacial score (nSPS) is 13.5. The topological polar surface area (TPSA) is 79.8 Å². The van der Waals surface area contributed by atoms with Gasteiger partial charge in [0.15, 0.2) is 0 Å². The zero-order valence-corrected chi connectivity index (χ0v) is 14.8. The molecule has 0 bridgehead atoms. The molecule has 2 N–H and O–H groups in total. The first-order valence-electron chi connectivity index (χ1n) is 8.53. The van der Waals surface area contributed by atoms with Gasteiger partial charge in [-0.1, -0.05) is 37.3 Å². The average molecular weight is 351 g/mol. The summed E-state index contributed by atoms with van der Waals surface area (Å²) in [5, 5.41) is 6.89. The minimum Gasteiger partial charge on any atom is -0.442 e. The van der Waals surface area contributed by atoms with Gasteiger partial charge in [0.05, 0.1) is 6.42 Å². The maximum Gasteiger partial charge on any atom is 0.428 e. The third kappa shape index (κ3) is 4.08. The molecular formula is C20H21N3O3. The van der Waals surface area contributed by atoms with Gasteiger partial charge in [-0.25, -0.2) is 10.2 Å². The Bertz CT molecular complexity index is 857. The summed E-state index contributed by atoms with van der Waals surface area (Å²) in [5.41, 5.74) is 7.88. The van der Waals surface area contributed by atoms with E-state index in [0.29, 0.717) is 17.8 Å². The van der Waals surface area contributed by atoms with E-state index in [9.17, 15) is 9.59 Å². The van der Waals surface area contributed by atoms with Gasteiger partial charge in [0.25, 0.3) is 0 Å². The Morgan fingerprint density at radius 3 is 2.65 bits per heavy atom. The fourth-order valence-electron chi connectivity index (χ4n) is 2.92. The Morgan fingerprint density at radius 2 is 2.00 bits per heavy atom. The Hall–Kier alpha value is -3.15. The summed E-state index contributed by atoms with van der Waals surface area (Å²) in [6, 6.07) is 13.4. The van der Waals surface area contributed by atoms with Crippen LogP contribution in [-0.4, -0.2) is 24.3 Å². The molecule has 6 nitrogen and oxygen atoms in total. The van der Waals surface area contributed by atoms with E-state index in [1.807, 2.05) is 43.3 Å². The molecule has 134 valence electrons. The van der Waals surface area contributed by atoms with Crippen molar-refractivity contribution in [3.8, 4) is 0 Å². The second-order valence-electron chi connectivity index (χ2n) is 6.11. The molecule has 0 radical (unpaired) electrons. The van der Waals surface area contributed by atoms with Gasteiger partial charge >= 0.3 is 6.09 Å². The largest absolute Gasteiger partial charge is 0.442 e. The summed E-state index contributed by atoms with van der Waals surface area (Å²) < 4.78 is 4.89. The summed E-state index contributed by atoms with van der Waals surface area (Å²) in [6.07, 6.45) is 0.699. The third-order valence-electron chi connectivity index (χ3n) is 4.35. The van der Waals surface area contributed by atoms with Gasteiger partial charge in [0.1, 0.15) is 12.3 Å². The molecule has 2 aromatic carbocycles. The maximum absolute atomic E-state index is 12.4. The van der Waals surface area contributed by atoms with Gasteiger partial charge in [0.2, 0.25) is 5.91 Å². The first-order chi connectivity index (χ1) is 12.6. The van der Waals surface area contributed by atoms with E-state index in [4.69, 9.17) is 4.74 Å². The highest BCUT2D eigenvalue weighted by Gasteiger charge is 2.14. The van der Waals surface area contributed by atoms with Crippen molar-refractivity contribution in [3.63, 3.8) is 0 Å². The fourth-order valence-corrected chi connectivity index (χ4v) is 2.92. The van der Waals surface area contributed by atoms with Crippen molar-refractivity contribution >= 4 is 23.4 Å². The van der Waals surface area contributed by atoms with Gasteiger partial charge in [-0.05, 0) is 42.2 Å². The number of carbonyl (C=O) groups excluding carboxylic acids is 2. The quantitative estimate of drug-likeness (QED) is 0.868. The number of rotatable bonds is 5. The van der Waals surface area contributed by atoms with E-state index in [1.54, 1.807) is 0 Å². The highest BCUT2D eigenvalue weighted by atomic mass is 16.6. The van der Waals surface area contributed by atoms with E-state index >= 15 is 0 Å². The molecule has 1 aliphatic heterocycles. The molecule has 1 aliphatic rings. The van der Waals surface area contributed by atoms with Crippen LogP contribution in [0.2, 0.25) is 0 Å². The van der Waals surface area contributed by atoms with Crippen molar-refractivity contribution in [2.45, 2.75) is 26.7 Å². The van der Waals surface area contributed by atoms with E-state index in [0.717, 1.165) is 23.1 Å². The van der Waals surface area contributed by atoms with E-state index in [2.05, 4.69) is 28.8 Å². The molecule has 0 aliphatic carbocycles. The summed E-state index contributed by atoms with van der Waals surface area (Å²) in [5.74, 6) is -0.0487.